The first kappa shape index (κ1) is 21.9. The van der Waals surface area contributed by atoms with Gasteiger partial charge in [-0.1, -0.05) is 18.2 Å². The molecule has 0 unspecified atom stereocenters. The zero-order valence-corrected chi connectivity index (χ0v) is 17.9. The highest BCUT2D eigenvalue weighted by Crippen LogP contribution is 2.25. The molecule has 3 rings (SSSR count). The van der Waals surface area contributed by atoms with E-state index in [0.717, 1.165) is 11.1 Å². The van der Waals surface area contributed by atoms with E-state index in [-0.39, 0.29) is 18.8 Å². The largest absolute Gasteiger partial charge is 0.497 e. The molecule has 1 aromatic heterocycles. The fourth-order valence-corrected chi connectivity index (χ4v) is 3.05. The summed E-state index contributed by atoms with van der Waals surface area (Å²) in [5, 5.41) is 0. The summed E-state index contributed by atoms with van der Waals surface area (Å²) in [4.78, 5) is 31.0. The number of esters is 1. The van der Waals surface area contributed by atoms with Crippen LogP contribution in [0.4, 0.5) is 0 Å². The fraction of sp³-hybridized carbons (Fsp3) is 0.261. The number of aromatic nitrogens is 1. The number of carbonyl (C=O) groups excluding carboxylic acids is 2. The van der Waals surface area contributed by atoms with Gasteiger partial charge in [-0.05, 0) is 36.8 Å². The van der Waals surface area contributed by atoms with E-state index in [1.807, 2.05) is 30.3 Å². The molecule has 3 aromatic rings. The van der Waals surface area contributed by atoms with Crippen molar-refractivity contribution < 1.29 is 28.2 Å². The summed E-state index contributed by atoms with van der Waals surface area (Å²) in [6, 6.07) is 14.5. The van der Waals surface area contributed by atoms with E-state index in [1.54, 1.807) is 39.3 Å². The summed E-state index contributed by atoms with van der Waals surface area (Å²) in [5.41, 5.74) is 1.61. The zero-order chi connectivity index (χ0) is 22.4. The van der Waals surface area contributed by atoms with Gasteiger partial charge < -0.3 is 23.5 Å². The zero-order valence-electron chi connectivity index (χ0n) is 17.9. The van der Waals surface area contributed by atoms with Crippen LogP contribution >= 0.6 is 0 Å². The normalized spacial score (nSPS) is 10.5. The van der Waals surface area contributed by atoms with Crippen molar-refractivity contribution in [1.82, 2.24) is 9.88 Å². The molecule has 2 aromatic carbocycles. The van der Waals surface area contributed by atoms with Gasteiger partial charge in [-0.2, -0.15) is 0 Å². The maximum Gasteiger partial charge on any atom is 0.325 e. The van der Waals surface area contributed by atoms with Crippen LogP contribution in [0.5, 0.6) is 11.5 Å². The molecule has 0 bridgehead atoms. The molecule has 0 aliphatic rings. The Balaban J connectivity index is 1.93. The van der Waals surface area contributed by atoms with E-state index in [4.69, 9.17) is 18.6 Å². The van der Waals surface area contributed by atoms with Crippen molar-refractivity contribution in [2.24, 2.45) is 0 Å². The van der Waals surface area contributed by atoms with Crippen LogP contribution in [0.25, 0.3) is 11.5 Å². The maximum atomic E-state index is 13.3. The monoisotopic (exact) mass is 424 g/mol. The summed E-state index contributed by atoms with van der Waals surface area (Å²) in [6.45, 7) is 1.54. The molecule has 1 amide bonds. The molecule has 1 heterocycles. The lowest BCUT2D eigenvalue weighted by atomic mass is 10.1. The summed E-state index contributed by atoms with van der Waals surface area (Å²) < 4.78 is 21.1. The minimum Gasteiger partial charge on any atom is -0.497 e. The van der Waals surface area contributed by atoms with E-state index in [9.17, 15) is 9.59 Å². The van der Waals surface area contributed by atoms with Crippen LogP contribution in [-0.4, -0.2) is 49.6 Å². The molecule has 0 aliphatic heterocycles. The number of amides is 1. The standard InChI is InChI=1S/C23H24N2O6/c1-15-21(24-22(31-15)17-8-6-5-7-9-17)23(27)25(14-20(26)30-4)13-16-10-18(28-2)12-19(11-16)29-3/h5-12H,13-14H2,1-4H3. The Morgan fingerprint density at radius 2 is 1.65 bits per heavy atom. The van der Waals surface area contributed by atoms with E-state index in [0.29, 0.717) is 23.1 Å². The van der Waals surface area contributed by atoms with Crippen LogP contribution in [0.2, 0.25) is 0 Å². The highest BCUT2D eigenvalue weighted by atomic mass is 16.5. The Labute approximate surface area is 180 Å². The number of aryl methyl sites for hydroxylation is 1. The first-order valence-corrected chi connectivity index (χ1v) is 9.56. The Morgan fingerprint density at radius 1 is 1.00 bits per heavy atom. The van der Waals surface area contributed by atoms with Crippen LogP contribution in [0.15, 0.2) is 52.9 Å². The van der Waals surface area contributed by atoms with Crippen LogP contribution in [0.1, 0.15) is 21.8 Å². The van der Waals surface area contributed by atoms with Gasteiger partial charge in [0.25, 0.3) is 5.91 Å². The third-order valence-corrected chi connectivity index (χ3v) is 4.64. The van der Waals surface area contributed by atoms with Crippen LogP contribution in [0, 0.1) is 6.92 Å². The van der Waals surface area contributed by atoms with Crippen molar-refractivity contribution in [2.75, 3.05) is 27.9 Å². The number of ether oxygens (including phenoxy) is 3. The molecule has 0 saturated heterocycles. The Bertz CT molecular complexity index is 1040. The summed E-state index contributed by atoms with van der Waals surface area (Å²) >= 11 is 0. The van der Waals surface area contributed by atoms with E-state index < -0.39 is 11.9 Å². The highest BCUT2D eigenvalue weighted by Gasteiger charge is 2.26. The number of oxazole rings is 1. The van der Waals surface area contributed by atoms with E-state index in [2.05, 4.69) is 4.98 Å². The third kappa shape index (κ3) is 5.22. The SMILES string of the molecule is COC(=O)CN(Cc1cc(OC)cc(OC)c1)C(=O)c1nc(-c2ccccc2)oc1C. The van der Waals surface area contributed by atoms with Crippen molar-refractivity contribution in [2.45, 2.75) is 13.5 Å². The number of hydrogen-bond donors (Lipinski definition) is 0. The predicted octanol–water partition coefficient (Wildman–Crippen LogP) is 3.48. The first-order chi connectivity index (χ1) is 14.9. The van der Waals surface area contributed by atoms with Crippen LogP contribution in [-0.2, 0) is 16.1 Å². The topological polar surface area (TPSA) is 91.1 Å². The highest BCUT2D eigenvalue weighted by molar-refractivity contribution is 5.95. The van der Waals surface area contributed by atoms with Crippen LogP contribution < -0.4 is 9.47 Å². The second kappa shape index (κ2) is 9.80. The molecular weight excluding hydrogens is 400 g/mol. The molecule has 162 valence electrons. The molecule has 0 radical (unpaired) electrons. The first-order valence-electron chi connectivity index (χ1n) is 9.56. The number of carbonyl (C=O) groups is 2. The summed E-state index contributed by atoms with van der Waals surface area (Å²) in [7, 11) is 4.36. The summed E-state index contributed by atoms with van der Waals surface area (Å²) in [6.07, 6.45) is 0. The number of rotatable bonds is 8. The minimum atomic E-state index is -0.548. The average molecular weight is 424 g/mol. The quantitative estimate of drug-likeness (QED) is 0.511. The van der Waals surface area contributed by atoms with Gasteiger partial charge in [0.2, 0.25) is 5.89 Å². The third-order valence-electron chi connectivity index (χ3n) is 4.64. The lowest BCUT2D eigenvalue weighted by molar-refractivity contribution is -0.141. The molecule has 8 nitrogen and oxygen atoms in total. The van der Waals surface area contributed by atoms with Gasteiger partial charge in [0.15, 0.2) is 5.69 Å². The molecule has 0 spiro atoms. The minimum absolute atomic E-state index is 0.120. The maximum absolute atomic E-state index is 13.3. The summed E-state index contributed by atoms with van der Waals surface area (Å²) in [5.74, 6) is 0.848. The second-order valence-electron chi connectivity index (χ2n) is 6.75. The number of hydrogen-bond acceptors (Lipinski definition) is 7. The second-order valence-corrected chi connectivity index (χ2v) is 6.75. The van der Waals surface area contributed by atoms with Gasteiger partial charge >= 0.3 is 5.97 Å². The molecule has 0 fully saturated rings. The van der Waals surface area contributed by atoms with Gasteiger partial charge in [0.1, 0.15) is 23.8 Å². The molecule has 0 atom stereocenters. The van der Waals surface area contributed by atoms with Gasteiger partial charge in [0, 0.05) is 18.2 Å². The van der Waals surface area contributed by atoms with Gasteiger partial charge in [-0.25, -0.2) is 4.98 Å². The molecule has 0 aliphatic carbocycles. The molecule has 0 N–H and O–H groups in total. The molecule has 0 saturated carbocycles. The van der Waals surface area contributed by atoms with Crippen molar-refractivity contribution in [1.29, 1.82) is 0 Å². The van der Waals surface area contributed by atoms with E-state index in [1.165, 1.54) is 12.0 Å². The van der Waals surface area contributed by atoms with Gasteiger partial charge in [-0.15, -0.1) is 0 Å². The average Bonchev–Trinajstić information content (AvgIpc) is 3.19. The number of nitrogens with zero attached hydrogens (tertiary/aromatic N) is 2. The predicted molar refractivity (Wildman–Crippen MR) is 113 cm³/mol. The van der Waals surface area contributed by atoms with Crippen molar-refractivity contribution in [3.8, 4) is 23.0 Å². The molecular formula is C23H24N2O6. The fourth-order valence-electron chi connectivity index (χ4n) is 3.05. The smallest absolute Gasteiger partial charge is 0.325 e. The number of benzene rings is 2. The van der Waals surface area contributed by atoms with Gasteiger partial charge in [-0.3, -0.25) is 9.59 Å². The molecule has 8 heteroatoms. The van der Waals surface area contributed by atoms with E-state index >= 15 is 0 Å². The number of methoxy groups -OCH3 is 3. The van der Waals surface area contributed by atoms with Gasteiger partial charge in [0.05, 0.1) is 21.3 Å². The van der Waals surface area contributed by atoms with Crippen molar-refractivity contribution in [3.63, 3.8) is 0 Å². The Morgan fingerprint density at radius 3 is 2.23 bits per heavy atom. The Kier molecular flexibility index (Phi) is 6.92. The van der Waals surface area contributed by atoms with Crippen molar-refractivity contribution >= 4 is 11.9 Å². The lowest BCUT2D eigenvalue weighted by Crippen LogP contribution is -2.36. The molecule has 31 heavy (non-hydrogen) atoms. The van der Waals surface area contributed by atoms with Crippen molar-refractivity contribution in [3.05, 3.63) is 65.5 Å². The lowest BCUT2D eigenvalue weighted by Gasteiger charge is -2.21. The van der Waals surface area contributed by atoms with Crippen LogP contribution in [0.3, 0.4) is 0 Å². The Hall–Kier alpha value is -3.81.